The predicted molar refractivity (Wildman–Crippen MR) is 115 cm³/mol. The number of aromatic nitrogens is 2. The first-order valence-electron chi connectivity index (χ1n) is 8.58. The fraction of sp³-hybridized carbons (Fsp3) is 0.158. The zero-order valence-electron chi connectivity index (χ0n) is 15.2. The van der Waals surface area contributed by atoms with E-state index < -0.39 is 0 Å². The minimum atomic E-state index is -0.236. The maximum Gasteiger partial charge on any atom is 0.262 e. The fourth-order valence-electron chi connectivity index (χ4n) is 2.64. The number of thioether (sulfide) groups is 1. The average molecular weight is 447 g/mol. The van der Waals surface area contributed by atoms with Gasteiger partial charge in [-0.2, -0.15) is 0 Å². The molecule has 7 nitrogen and oxygen atoms in total. The number of ether oxygens (including phenoxy) is 1. The Morgan fingerprint density at radius 2 is 2.21 bits per heavy atom. The number of carbonyl (C=O) groups is 2. The lowest BCUT2D eigenvalue weighted by Gasteiger charge is -2.18. The molecule has 148 valence electrons. The van der Waals surface area contributed by atoms with E-state index in [1.54, 1.807) is 18.2 Å². The van der Waals surface area contributed by atoms with Crippen LogP contribution in [0.1, 0.15) is 15.9 Å². The van der Waals surface area contributed by atoms with Gasteiger partial charge in [-0.25, -0.2) is 0 Å². The van der Waals surface area contributed by atoms with E-state index in [0.29, 0.717) is 31.5 Å². The Labute approximate surface area is 179 Å². The van der Waals surface area contributed by atoms with Crippen LogP contribution in [0.25, 0.3) is 0 Å². The highest BCUT2D eigenvalue weighted by atomic mass is 35.5. The number of fused-ring (bicyclic) bond motifs is 1. The minimum absolute atomic E-state index is 0.0156. The third-order valence-corrected chi connectivity index (χ3v) is 6.56. The SMILES string of the molecule is Cc1c(Cl)cccc1Nc1nnc(SCC(=O)c2ccc3c(c2)NC(=O)CO3)s1. The molecule has 0 saturated carbocycles. The van der Waals surface area contributed by atoms with Crippen molar-refractivity contribution in [2.24, 2.45) is 0 Å². The van der Waals surface area contributed by atoms with Crippen molar-refractivity contribution < 1.29 is 14.3 Å². The lowest BCUT2D eigenvalue weighted by Crippen LogP contribution is -2.25. The van der Waals surface area contributed by atoms with Crippen molar-refractivity contribution in [3.63, 3.8) is 0 Å². The van der Waals surface area contributed by atoms with E-state index in [9.17, 15) is 9.59 Å². The van der Waals surface area contributed by atoms with Gasteiger partial charge in [0.05, 0.1) is 11.4 Å². The summed E-state index contributed by atoms with van der Waals surface area (Å²) in [4.78, 5) is 24.0. The molecule has 1 aliphatic rings. The predicted octanol–water partition coefficient (Wildman–Crippen LogP) is 4.55. The maximum atomic E-state index is 12.5. The third-order valence-electron chi connectivity index (χ3n) is 4.18. The summed E-state index contributed by atoms with van der Waals surface area (Å²) < 4.78 is 5.98. The van der Waals surface area contributed by atoms with E-state index in [2.05, 4.69) is 20.8 Å². The Balaban J connectivity index is 1.38. The molecule has 2 N–H and O–H groups in total. The zero-order chi connectivity index (χ0) is 20.4. The van der Waals surface area contributed by atoms with Crippen molar-refractivity contribution in [1.29, 1.82) is 0 Å². The molecule has 1 aliphatic heterocycles. The summed E-state index contributed by atoms with van der Waals surface area (Å²) in [6, 6.07) is 10.6. The summed E-state index contributed by atoms with van der Waals surface area (Å²) in [5.41, 5.74) is 2.80. The summed E-state index contributed by atoms with van der Waals surface area (Å²) >= 11 is 8.81. The number of ketones is 1. The molecule has 29 heavy (non-hydrogen) atoms. The van der Waals surface area contributed by atoms with Gasteiger partial charge in [0.1, 0.15) is 5.75 Å². The molecular weight excluding hydrogens is 432 g/mol. The van der Waals surface area contributed by atoms with Gasteiger partial charge in [-0.15, -0.1) is 10.2 Å². The number of amides is 1. The van der Waals surface area contributed by atoms with Gasteiger partial charge in [-0.1, -0.05) is 40.8 Å². The number of anilines is 3. The molecule has 0 radical (unpaired) electrons. The number of halogens is 1. The van der Waals surface area contributed by atoms with E-state index in [1.807, 2.05) is 25.1 Å². The van der Waals surface area contributed by atoms with Crippen LogP contribution in [-0.4, -0.2) is 34.2 Å². The van der Waals surface area contributed by atoms with Crippen LogP contribution >= 0.6 is 34.7 Å². The van der Waals surface area contributed by atoms with Crippen LogP contribution < -0.4 is 15.4 Å². The molecule has 0 unspecified atom stereocenters. The van der Waals surface area contributed by atoms with Crippen molar-refractivity contribution in [2.75, 3.05) is 23.0 Å². The molecule has 1 aromatic heterocycles. The Hall–Kier alpha value is -2.62. The second-order valence-corrected chi connectivity index (χ2v) is 8.78. The van der Waals surface area contributed by atoms with Crippen molar-refractivity contribution in [3.05, 3.63) is 52.5 Å². The van der Waals surface area contributed by atoms with Crippen LogP contribution in [-0.2, 0) is 4.79 Å². The quantitative estimate of drug-likeness (QED) is 0.423. The number of hydrogen-bond donors (Lipinski definition) is 2. The molecule has 2 heterocycles. The second kappa shape index (κ2) is 8.40. The number of carbonyl (C=O) groups excluding carboxylic acids is 2. The van der Waals surface area contributed by atoms with Gasteiger partial charge in [-0.3, -0.25) is 9.59 Å². The second-order valence-electron chi connectivity index (χ2n) is 6.17. The topological polar surface area (TPSA) is 93.2 Å². The fourth-order valence-corrected chi connectivity index (χ4v) is 4.48. The highest BCUT2D eigenvalue weighted by molar-refractivity contribution is 8.01. The van der Waals surface area contributed by atoms with Crippen LogP contribution in [0.15, 0.2) is 40.7 Å². The van der Waals surface area contributed by atoms with Crippen LogP contribution in [0.2, 0.25) is 5.02 Å². The molecule has 10 heteroatoms. The average Bonchev–Trinajstić information content (AvgIpc) is 3.16. The van der Waals surface area contributed by atoms with Gasteiger partial charge in [-0.05, 0) is 42.8 Å². The normalized spacial score (nSPS) is 12.7. The maximum absolute atomic E-state index is 12.5. The first-order chi connectivity index (χ1) is 14.0. The summed E-state index contributed by atoms with van der Waals surface area (Å²) in [6.45, 7) is 1.91. The minimum Gasteiger partial charge on any atom is -0.482 e. The molecule has 2 aromatic carbocycles. The molecule has 0 fully saturated rings. The molecule has 0 saturated heterocycles. The number of Topliss-reactive ketones (excluding diaryl/α,β-unsaturated/α-hetero) is 1. The summed E-state index contributed by atoms with van der Waals surface area (Å²) in [5.74, 6) is 0.455. The smallest absolute Gasteiger partial charge is 0.262 e. The number of benzene rings is 2. The molecule has 0 aliphatic carbocycles. The standard InChI is InChI=1S/C19H15ClN4O3S2/c1-10-12(20)3-2-4-13(10)22-18-23-24-19(29-18)28-9-15(25)11-5-6-16-14(7-11)21-17(26)8-27-16/h2-7H,8-9H2,1H3,(H,21,26)(H,22,23). The Morgan fingerprint density at radius 3 is 3.07 bits per heavy atom. The van der Waals surface area contributed by atoms with E-state index in [1.165, 1.54) is 23.1 Å². The monoisotopic (exact) mass is 446 g/mol. The van der Waals surface area contributed by atoms with E-state index in [4.69, 9.17) is 16.3 Å². The van der Waals surface area contributed by atoms with Crippen molar-refractivity contribution in [2.45, 2.75) is 11.3 Å². The molecule has 0 spiro atoms. The number of rotatable bonds is 6. The van der Waals surface area contributed by atoms with Gasteiger partial charge in [0.25, 0.3) is 5.91 Å². The van der Waals surface area contributed by atoms with Crippen molar-refractivity contribution >= 4 is 62.9 Å². The molecule has 0 bridgehead atoms. The highest BCUT2D eigenvalue weighted by Gasteiger charge is 2.18. The number of nitrogens with one attached hydrogen (secondary N) is 2. The van der Waals surface area contributed by atoms with Gasteiger partial charge < -0.3 is 15.4 Å². The Bertz CT molecular complexity index is 1100. The van der Waals surface area contributed by atoms with Gasteiger partial charge in [0.2, 0.25) is 5.13 Å². The first-order valence-corrected chi connectivity index (χ1v) is 10.8. The van der Waals surface area contributed by atoms with Gasteiger partial charge in [0.15, 0.2) is 16.7 Å². The summed E-state index contributed by atoms with van der Waals surface area (Å²) in [7, 11) is 0. The van der Waals surface area contributed by atoms with Crippen molar-refractivity contribution in [3.8, 4) is 5.75 Å². The van der Waals surface area contributed by atoms with Crippen molar-refractivity contribution in [1.82, 2.24) is 10.2 Å². The lowest BCUT2D eigenvalue weighted by molar-refractivity contribution is -0.118. The van der Waals surface area contributed by atoms with E-state index in [-0.39, 0.29) is 24.1 Å². The van der Waals surface area contributed by atoms with Crippen LogP contribution in [0, 0.1) is 6.92 Å². The first kappa shape index (κ1) is 19.7. The largest absolute Gasteiger partial charge is 0.482 e. The zero-order valence-corrected chi connectivity index (χ0v) is 17.6. The number of nitrogens with zero attached hydrogens (tertiary/aromatic N) is 2. The number of hydrogen-bond acceptors (Lipinski definition) is 8. The summed E-state index contributed by atoms with van der Waals surface area (Å²) in [5, 5.41) is 15.4. The lowest BCUT2D eigenvalue weighted by atomic mass is 10.1. The molecule has 0 atom stereocenters. The highest BCUT2D eigenvalue weighted by Crippen LogP contribution is 2.32. The van der Waals surface area contributed by atoms with Crippen LogP contribution in [0.4, 0.5) is 16.5 Å². The van der Waals surface area contributed by atoms with Crippen LogP contribution in [0.5, 0.6) is 5.75 Å². The molecule has 3 aromatic rings. The third kappa shape index (κ3) is 4.52. The van der Waals surface area contributed by atoms with Gasteiger partial charge >= 0.3 is 0 Å². The van der Waals surface area contributed by atoms with E-state index in [0.717, 1.165) is 11.3 Å². The van der Waals surface area contributed by atoms with Crippen LogP contribution in [0.3, 0.4) is 0 Å². The molecule has 4 rings (SSSR count). The molecule has 1 amide bonds. The summed E-state index contributed by atoms with van der Waals surface area (Å²) in [6.07, 6.45) is 0. The van der Waals surface area contributed by atoms with Gasteiger partial charge in [0, 0.05) is 16.3 Å². The Kier molecular flexibility index (Phi) is 5.70. The molecular formula is C19H15ClN4O3S2. The Morgan fingerprint density at radius 1 is 1.34 bits per heavy atom. The van der Waals surface area contributed by atoms with E-state index >= 15 is 0 Å².